The third kappa shape index (κ3) is 5.62. The summed E-state index contributed by atoms with van der Waals surface area (Å²) in [6.07, 6.45) is -0.296. The second-order valence-electron chi connectivity index (χ2n) is 6.96. The van der Waals surface area contributed by atoms with E-state index in [9.17, 15) is 27.5 Å². The van der Waals surface area contributed by atoms with E-state index in [0.29, 0.717) is 16.5 Å². The first-order chi connectivity index (χ1) is 15.1. The van der Waals surface area contributed by atoms with E-state index >= 15 is 0 Å². The first-order valence-corrected chi connectivity index (χ1v) is 9.66. The highest BCUT2D eigenvalue weighted by atomic mass is 35.5. The molecule has 0 fully saturated rings. The number of aliphatic hydroxyl groups is 1. The van der Waals surface area contributed by atoms with Crippen molar-refractivity contribution in [2.45, 2.75) is 31.9 Å². The summed E-state index contributed by atoms with van der Waals surface area (Å²) in [6, 6.07) is 2.99. The molecule has 0 aliphatic heterocycles. The Morgan fingerprint density at radius 1 is 1.38 bits per heavy atom. The molecule has 3 rings (SSSR count). The quantitative estimate of drug-likeness (QED) is 0.461. The van der Waals surface area contributed by atoms with Gasteiger partial charge in [0.15, 0.2) is 6.61 Å². The topological polar surface area (TPSA) is 102 Å². The molecule has 1 atom stereocenters. The van der Waals surface area contributed by atoms with Gasteiger partial charge < -0.3 is 15.2 Å². The molecule has 32 heavy (non-hydrogen) atoms. The summed E-state index contributed by atoms with van der Waals surface area (Å²) in [4.78, 5) is 20.2. The van der Waals surface area contributed by atoms with Gasteiger partial charge in [0.25, 0.3) is 5.91 Å². The van der Waals surface area contributed by atoms with Gasteiger partial charge in [-0.15, -0.1) is 0 Å². The van der Waals surface area contributed by atoms with Crippen molar-refractivity contribution in [2.75, 3.05) is 13.2 Å². The van der Waals surface area contributed by atoms with Crippen molar-refractivity contribution in [3.63, 3.8) is 0 Å². The molecule has 172 valence electrons. The van der Waals surface area contributed by atoms with E-state index < -0.39 is 36.8 Å². The smallest absolute Gasteiger partial charge is 0.340 e. The van der Waals surface area contributed by atoms with Crippen LogP contribution in [0.3, 0.4) is 0 Å². The fraction of sp³-hybridized carbons (Fsp3) is 0.368. The Morgan fingerprint density at radius 2 is 2.12 bits per heavy atom. The van der Waals surface area contributed by atoms with Crippen molar-refractivity contribution >= 4 is 28.4 Å². The van der Waals surface area contributed by atoms with Crippen LogP contribution in [0.5, 0.6) is 5.88 Å². The van der Waals surface area contributed by atoms with Crippen LogP contribution >= 0.6 is 11.6 Å². The third-order valence-electron chi connectivity index (χ3n) is 4.18. The molecule has 0 bridgehead atoms. The third-order valence-corrected chi connectivity index (χ3v) is 4.45. The zero-order valence-corrected chi connectivity index (χ0v) is 17.4. The summed E-state index contributed by atoms with van der Waals surface area (Å²) in [5, 5.41) is 16.6. The highest BCUT2D eigenvalue weighted by Crippen LogP contribution is 2.28. The second-order valence-corrected chi connectivity index (χ2v) is 7.37. The summed E-state index contributed by atoms with van der Waals surface area (Å²) in [5.74, 6) is -5.20. The molecule has 0 saturated heterocycles. The van der Waals surface area contributed by atoms with Gasteiger partial charge in [0.1, 0.15) is 10.7 Å². The minimum Gasteiger partial charge on any atom is -0.470 e. The Hall–Kier alpha value is -2.99. The number of nitrogens with zero attached hydrogens (tertiary/aromatic N) is 4. The molecule has 3 aromatic rings. The Kier molecular flexibility index (Phi) is 7.14. The lowest BCUT2D eigenvalue weighted by atomic mass is 10.2. The van der Waals surface area contributed by atoms with Crippen LogP contribution in [0, 0.1) is 0 Å². The molecule has 3 heterocycles. The number of hydrogen-bond donors (Lipinski definition) is 2. The van der Waals surface area contributed by atoms with Gasteiger partial charge in [0.2, 0.25) is 5.88 Å². The zero-order chi connectivity index (χ0) is 23.5. The first kappa shape index (κ1) is 23.7. The van der Waals surface area contributed by atoms with Crippen molar-refractivity contribution in [3.05, 3.63) is 47.0 Å². The second kappa shape index (κ2) is 9.65. The molecule has 0 spiro atoms. The van der Waals surface area contributed by atoms with E-state index in [-0.39, 0.29) is 23.8 Å². The number of amides is 1. The van der Waals surface area contributed by atoms with E-state index in [1.54, 1.807) is 12.3 Å². The Morgan fingerprint density at radius 3 is 2.78 bits per heavy atom. The van der Waals surface area contributed by atoms with Gasteiger partial charge in [-0.05, 0) is 24.6 Å². The minimum absolute atomic E-state index is 0.0624. The number of nitrogens with one attached hydrogen (secondary N) is 1. The van der Waals surface area contributed by atoms with Crippen molar-refractivity contribution in [1.82, 2.24) is 25.1 Å². The molecular formula is C19H18ClF4N5O3. The van der Waals surface area contributed by atoms with Gasteiger partial charge in [-0.25, -0.2) is 13.8 Å². The Balaban J connectivity index is 1.74. The van der Waals surface area contributed by atoms with E-state index in [1.807, 2.05) is 0 Å². The fourth-order valence-corrected chi connectivity index (χ4v) is 2.90. The lowest BCUT2D eigenvalue weighted by molar-refractivity contribution is -0.148. The maximum Gasteiger partial charge on any atom is 0.340 e. The average Bonchev–Trinajstić information content (AvgIpc) is 3.13. The van der Waals surface area contributed by atoms with E-state index in [2.05, 4.69) is 25.1 Å². The number of halogens is 5. The largest absolute Gasteiger partial charge is 0.470 e. The molecule has 0 radical (unpaired) electrons. The summed E-state index contributed by atoms with van der Waals surface area (Å²) < 4.78 is 56.6. The number of aromatic nitrogens is 4. The number of aliphatic hydroxyl groups excluding tert-OH is 1. The SMILES string of the molecule is CC(O)CNC(=O)c1nccc2nn(Cc3cnc(OCC(F)(F)C(F)F)c(Cl)c3)cc12. The maximum absolute atomic E-state index is 13.0. The van der Waals surface area contributed by atoms with Crippen LogP contribution in [0.4, 0.5) is 17.6 Å². The van der Waals surface area contributed by atoms with Crippen LogP contribution in [0.25, 0.3) is 10.9 Å². The van der Waals surface area contributed by atoms with Crippen molar-refractivity contribution in [3.8, 4) is 5.88 Å². The Bertz CT molecular complexity index is 1110. The lowest BCUT2D eigenvalue weighted by Gasteiger charge is -2.16. The number of ether oxygens (including phenoxy) is 1. The predicted molar refractivity (Wildman–Crippen MR) is 106 cm³/mol. The summed E-state index contributed by atoms with van der Waals surface area (Å²) in [6.45, 7) is 0.191. The van der Waals surface area contributed by atoms with Gasteiger partial charge >= 0.3 is 12.3 Å². The number of hydrogen-bond acceptors (Lipinski definition) is 6. The molecule has 0 aromatic carbocycles. The molecule has 8 nitrogen and oxygen atoms in total. The van der Waals surface area contributed by atoms with Gasteiger partial charge in [0, 0.05) is 25.1 Å². The van der Waals surface area contributed by atoms with Crippen LogP contribution in [0.2, 0.25) is 5.02 Å². The van der Waals surface area contributed by atoms with Crippen molar-refractivity contribution in [1.29, 1.82) is 0 Å². The first-order valence-electron chi connectivity index (χ1n) is 9.28. The van der Waals surface area contributed by atoms with Crippen LogP contribution in [-0.4, -0.2) is 62.4 Å². The van der Waals surface area contributed by atoms with Crippen LogP contribution in [0.1, 0.15) is 23.0 Å². The standard InChI is InChI=1S/C19H18ClF4N5O3/c1-10(30)5-26-16(31)15-12-8-29(28-14(12)2-3-25-15)7-11-4-13(20)17(27-6-11)32-9-19(23,24)18(21)22/h2-4,6,8,10,18,30H,5,7,9H2,1H3,(H,26,31). The van der Waals surface area contributed by atoms with Crippen LogP contribution in [-0.2, 0) is 6.54 Å². The van der Waals surface area contributed by atoms with Crippen molar-refractivity contribution < 1.29 is 32.2 Å². The average molecular weight is 476 g/mol. The normalized spacial score (nSPS) is 12.9. The van der Waals surface area contributed by atoms with Gasteiger partial charge in [-0.2, -0.15) is 13.9 Å². The molecule has 1 unspecified atom stereocenters. The summed E-state index contributed by atoms with van der Waals surface area (Å²) in [7, 11) is 0. The Labute approximate surface area is 184 Å². The lowest BCUT2D eigenvalue weighted by Crippen LogP contribution is -2.34. The van der Waals surface area contributed by atoms with Crippen LogP contribution < -0.4 is 10.1 Å². The van der Waals surface area contributed by atoms with Crippen molar-refractivity contribution in [2.24, 2.45) is 0 Å². The van der Waals surface area contributed by atoms with Crippen LogP contribution in [0.15, 0.2) is 30.7 Å². The highest BCUT2D eigenvalue weighted by molar-refractivity contribution is 6.31. The fourth-order valence-electron chi connectivity index (χ4n) is 2.65. The number of alkyl halides is 4. The van der Waals surface area contributed by atoms with Gasteiger partial charge in [-0.3, -0.25) is 14.5 Å². The summed E-state index contributed by atoms with van der Waals surface area (Å²) >= 11 is 5.98. The number of rotatable bonds is 9. The number of carbonyl (C=O) groups excluding carboxylic acids is 1. The number of carbonyl (C=O) groups is 1. The monoisotopic (exact) mass is 475 g/mol. The zero-order valence-electron chi connectivity index (χ0n) is 16.6. The van der Waals surface area contributed by atoms with E-state index in [1.165, 1.54) is 30.1 Å². The number of fused-ring (bicyclic) bond motifs is 1. The molecular weight excluding hydrogens is 458 g/mol. The highest BCUT2D eigenvalue weighted by Gasteiger charge is 2.42. The molecule has 2 N–H and O–H groups in total. The molecule has 1 amide bonds. The van der Waals surface area contributed by atoms with E-state index in [0.717, 1.165) is 0 Å². The molecule has 0 saturated carbocycles. The molecule has 0 aliphatic rings. The van der Waals surface area contributed by atoms with Gasteiger partial charge in [-0.1, -0.05) is 11.6 Å². The number of pyridine rings is 2. The van der Waals surface area contributed by atoms with E-state index in [4.69, 9.17) is 11.6 Å². The van der Waals surface area contributed by atoms with Gasteiger partial charge in [0.05, 0.1) is 23.6 Å². The maximum atomic E-state index is 13.0. The minimum atomic E-state index is -4.33. The molecule has 3 aromatic heterocycles. The summed E-state index contributed by atoms with van der Waals surface area (Å²) in [5.41, 5.74) is 1.15. The molecule has 13 heteroatoms. The predicted octanol–water partition coefficient (Wildman–Crippen LogP) is 2.92. The molecule has 0 aliphatic carbocycles.